The average molecular weight is 311 g/mol. The van der Waals surface area contributed by atoms with Crippen LogP contribution in [0.1, 0.15) is 38.2 Å². The standard InChI is InChI=1S/C14H16BrFN2/c1-14(6-2-3-7-14)9-18-11-5-4-10(8-17)12(15)13(11)16/h4-5,18H,2-3,6-7,9H2,1H3. The molecule has 1 aromatic rings. The van der Waals surface area contributed by atoms with Gasteiger partial charge in [-0.1, -0.05) is 19.8 Å². The SMILES string of the molecule is CC1(CNc2ccc(C#N)c(Br)c2F)CCCC1. The summed E-state index contributed by atoms with van der Waals surface area (Å²) in [6, 6.07) is 5.22. The molecule has 0 amide bonds. The third-order valence-electron chi connectivity index (χ3n) is 3.72. The Morgan fingerprint density at radius 3 is 2.72 bits per heavy atom. The summed E-state index contributed by atoms with van der Waals surface area (Å²) in [6.07, 6.45) is 4.91. The van der Waals surface area contributed by atoms with Crippen molar-refractivity contribution in [3.8, 4) is 6.07 Å². The van der Waals surface area contributed by atoms with Gasteiger partial charge in [0.15, 0.2) is 5.82 Å². The molecule has 0 aromatic heterocycles. The highest BCUT2D eigenvalue weighted by Crippen LogP contribution is 2.38. The van der Waals surface area contributed by atoms with Crippen molar-refractivity contribution in [2.75, 3.05) is 11.9 Å². The first kappa shape index (κ1) is 13.4. The first-order valence-electron chi connectivity index (χ1n) is 6.18. The minimum atomic E-state index is -0.379. The van der Waals surface area contributed by atoms with Gasteiger partial charge in [0.1, 0.15) is 6.07 Å². The van der Waals surface area contributed by atoms with Crippen molar-refractivity contribution in [3.63, 3.8) is 0 Å². The Hall–Kier alpha value is -1.08. The number of hydrogen-bond donors (Lipinski definition) is 1. The van der Waals surface area contributed by atoms with Crippen molar-refractivity contribution in [1.82, 2.24) is 0 Å². The normalized spacial score (nSPS) is 17.4. The van der Waals surface area contributed by atoms with Crippen molar-refractivity contribution in [3.05, 3.63) is 28.0 Å². The van der Waals surface area contributed by atoms with Gasteiger partial charge in [-0.25, -0.2) is 4.39 Å². The molecule has 1 aromatic carbocycles. The summed E-state index contributed by atoms with van der Waals surface area (Å²) in [5.41, 5.74) is 1.06. The number of anilines is 1. The van der Waals surface area contributed by atoms with E-state index >= 15 is 0 Å². The second kappa shape index (κ2) is 5.27. The van der Waals surface area contributed by atoms with Gasteiger partial charge in [0, 0.05) is 6.54 Å². The molecule has 0 aliphatic heterocycles. The number of rotatable bonds is 3. The van der Waals surface area contributed by atoms with Crippen molar-refractivity contribution in [2.45, 2.75) is 32.6 Å². The lowest BCUT2D eigenvalue weighted by Gasteiger charge is -2.24. The Kier molecular flexibility index (Phi) is 3.91. The molecular weight excluding hydrogens is 295 g/mol. The number of nitrogens with one attached hydrogen (secondary N) is 1. The molecule has 0 radical (unpaired) electrons. The monoisotopic (exact) mass is 310 g/mol. The van der Waals surface area contributed by atoms with Gasteiger partial charge in [-0.2, -0.15) is 5.26 Å². The molecule has 1 N–H and O–H groups in total. The lowest BCUT2D eigenvalue weighted by Crippen LogP contribution is -2.23. The summed E-state index contributed by atoms with van der Waals surface area (Å²) in [5.74, 6) is -0.379. The molecule has 96 valence electrons. The van der Waals surface area contributed by atoms with Crippen LogP contribution in [0.3, 0.4) is 0 Å². The Labute approximate surface area is 115 Å². The van der Waals surface area contributed by atoms with E-state index in [0.717, 1.165) is 6.54 Å². The molecule has 0 unspecified atom stereocenters. The number of benzene rings is 1. The van der Waals surface area contributed by atoms with E-state index in [-0.39, 0.29) is 15.7 Å². The zero-order valence-electron chi connectivity index (χ0n) is 10.4. The molecule has 2 nitrogen and oxygen atoms in total. The fraction of sp³-hybridized carbons (Fsp3) is 0.500. The summed E-state index contributed by atoms with van der Waals surface area (Å²) < 4.78 is 14.2. The highest BCUT2D eigenvalue weighted by atomic mass is 79.9. The Bertz CT molecular complexity index is 487. The molecule has 0 bridgehead atoms. The predicted octanol–water partition coefficient (Wildman–Crippen LogP) is 4.45. The summed E-state index contributed by atoms with van der Waals surface area (Å²) >= 11 is 3.12. The zero-order valence-corrected chi connectivity index (χ0v) is 12.0. The van der Waals surface area contributed by atoms with Crippen LogP contribution in [-0.4, -0.2) is 6.54 Å². The lowest BCUT2D eigenvalue weighted by molar-refractivity contribution is 0.361. The van der Waals surface area contributed by atoms with Crippen LogP contribution in [0.25, 0.3) is 0 Å². The van der Waals surface area contributed by atoms with Gasteiger partial charge >= 0.3 is 0 Å². The van der Waals surface area contributed by atoms with Crippen molar-refractivity contribution >= 4 is 21.6 Å². The maximum Gasteiger partial charge on any atom is 0.161 e. The molecule has 18 heavy (non-hydrogen) atoms. The summed E-state index contributed by atoms with van der Waals surface area (Å²) in [7, 11) is 0. The third-order valence-corrected chi connectivity index (χ3v) is 4.49. The van der Waals surface area contributed by atoms with E-state index in [1.165, 1.54) is 25.7 Å². The van der Waals surface area contributed by atoms with E-state index in [9.17, 15) is 4.39 Å². The summed E-state index contributed by atoms with van der Waals surface area (Å²) in [5, 5.41) is 12.0. The van der Waals surface area contributed by atoms with Crippen LogP contribution in [0, 0.1) is 22.6 Å². The van der Waals surface area contributed by atoms with Crippen molar-refractivity contribution < 1.29 is 4.39 Å². The van der Waals surface area contributed by atoms with E-state index in [4.69, 9.17) is 5.26 Å². The fourth-order valence-electron chi connectivity index (χ4n) is 2.49. The van der Waals surface area contributed by atoms with Gasteiger partial charge in [0.05, 0.1) is 15.7 Å². The van der Waals surface area contributed by atoms with Gasteiger partial charge in [0.25, 0.3) is 0 Å². The van der Waals surface area contributed by atoms with Crippen LogP contribution < -0.4 is 5.32 Å². The van der Waals surface area contributed by atoms with E-state index < -0.39 is 0 Å². The molecule has 0 heterocycles. The molecule has 1 saturated carbocycles. The van der Waals surface area contributed by atoms with Crippen molar-refractivity contribution in [2.24, 2.45) is 5.41 Å². The molecule has 1 fully saturated rings. The lowest BCUT2D eigenvalue weighted by atomic mass is 9.89. The summed E-state index contributed by atoms with van der Waals surface area (Å²) in [4.78, 5) is 0. The Morgan fingerprint density at radius 1 is 1.44 bits per heavy atom. The highest BCUT2D eigenvalue weighted by molar-refractivity contribution is 9.10. The molecule has 4 heteroatoms. The molecule has 0 saturated heterocycles. The predicted molar refractivity (Wildman–Crippen MR) is 73.9 cm³/mol. The van der Waals surface area contributed by atoms with Gasteiger partial charge in [-0.15, -0.1) is 0 Å². The zero-order chi connectivity index (χ0) is 13.2. The van der Waals surface area contributed by atoms with E-state index in [0.29, 0.717) is 11.3 Å². The van der Waals surface area contributed by atoms with Gasteiger partial charge in [-0.05, 0) is 46.3 Å². The second-order valence-electron chi connectivity index (χ2n) is 5.27. The largest absolute Gasteiger partial charge is 0.382 e. The average Bonchev–Trinajstić information content (AvgIpc) is 2.79. The first-order chi connectivity index (χ1) is 8.56. The smallest absolute Gasteiger partial charge is 0.161 e. The quantitative estimate of drug-likeness (QED) is 0.895. The maximum atomic E-state index is 14.0. The Morgan fingerprint density at radius 2 is 2.11 bits per heavy atom. The van der Waals surface area contributed by atoms with Crippen LogP contribution in [0.2, 0.25) is 0 Å². The minimum absolute atomic E-state index is 0.242. The van der Waals surface area contributed by atoms with Gasteiger partial charge in [0.2, 0.25) is 0 Å². The second-order valence-corrected chi connectivity index (χ2v) is 6.06. The number of halogens is 2. The molecular formula is C14H16BrFN2. The van der Waals surface area contributed by atoms with Crippen LogP contribution in [0.5, 0.6) is 0 Å². The molecule has 0 spiro atoms. The van der Waals surface area contributed by atoms with Gasteiger partial charge < -0.3 is 5.32 Å². The maximum absolute atomic E-state index is 14.0. The fourth-order valence-corrected chi connectivity index (χ4v) is 2.92. The molecule has 2 rings (SSSR count). The minimum Gasteiger partial charge on any atom is -0.382 e. The molecule has 1 aliphatic carbocycles. The van der Waals surface area contributed by atoms with E-state index in [2.05, 4.69) is 28.2 Å². The van der Waals surface area contributed by atoms with Crippen LogP contribution in [0.15, 0.2) is 16.6 Å². The highest BCUT2D eigenvalue weighted by Gasteiger charge is 2.28. The number of hydrogen-bond acceptors (Lipinski definition) is 2. The van der Waals surface area contributed by atoms with E-state index in [1.807, 2.05) is 6.07 Å². The topological polar surface area (TPSA) is 35.8 Å². The molecule has 1 aliphatic rings. The third kappa shape index (κ3) is 2.67. The van der Waals surface area contributed by atoms with Crippen LogP contribution in [-0.2, 0) is 0 Å². The number of nitriles is 1. The molecule has 0 atom stereocenters. The van der Waals surface area contributed by atoms with Crippen LogP contribution in [0.4, 0.5) is 10.1 Å². The van der Waals surface area contributed by atoms with Gasteiger partial charge in [-0.3, -0.25) is 0 Å². The van der Waals surface area contributed by atoms with Crippen LogP contribution >= 0.6 is 15.9 Å². The van der Waals surface area contributed by atoms with E-state index in [1.54, 1.807) is 12.1 Å². The van der Waals surface area contributed by atoms with Crippen molar-refractivity contribution in [1.29, 1.82) is 5.26 Å². The summed E-state index contributed by atoms with van der Waals surface area (Å²) in [6.45, 7) is 3.02. The number of nitrogens with zero attached hydrogens (tertiary/aromatic N) is 1. The first-order valence-corrected chi connectivity index (χ1v) is 6.97. The Balaban J connectivity index is 2.11.